The summed E-state index contributed by atoms with van der Waals surface area (Å²) in [5, 5.41) is 1.14. The number of halogens is 1. The Balaban J connectivity index is 2.09. The highest BCUT2D eigenvalue weighted by Gasteiger charge is 2.20. The Hall–Kier alpha value is -0.800. The Morgan fingerprint density at radius 1 is 1.25 bits per heavy atom. The van der Waals surface area contributed by atoms with Gasteiger partial charge in [-0.05, 0) is 37.5 Å². The predicted octanol–water partition coefficient (Wildman–Crippen LogP) is 4.44. The SMILES string of the molecule is Brc1cc(C2CCCCO2)c2occc2c1. The molecule has 1 aromatic carbocycles. The molecule has 0 N–H and O–H groups in total. The second-order valence-electron chi connectivity index (χ2n) is 4.19. The van der Waals surface area contributed by atoms with Gasteiger partial charge in [0.2, 0.25) is 0 Å². The zero-order valence-corrected chi connectivity index (χ0v) is 10.5. The van der Waals surface area contributed by atoms with Gasteiger partial charge in [0.1, 0.15) is 5.58 Å². The summed E-state index contributed by atoms with van der Waals surface area (Å²) >= 11 is 3.54. The van der Waals surface area contributed by atoms with Gasteiger partial charge in [-0.15, -0.1) is 0 Å². The predicted molar refractivity (Wildman–Crippen MR) is 66.5 cm³/mol. The molecule has 2 heterocycles. The molecule has 1 atom stereocenters. The summed E-state index contributed by atoms with van der Waals surface area (Å²) in [6, 6.07) is 6.18. The van der Waals surface area contributed by atoms with Gasteiger partial charge in [0.25, 0.3) is 0 Å². The van der Waals surface area contributed by atoms with Crippen LogP contribution < -0.4 is 0 Å². The smallest absolute Gasteiger partial charge is 0.139 e. The zero-order valence-electron chi connectivity index (χ0n) is 8.91. The maximum atomic E-state index is 5.82. The van der Waals surface area contributed by atoms with E-state index in [0.29, 0.717) is 0 Å². The molecule has 2 nitrogen and oxygen atoms in total. The molecule has 84 valence electrons. The lowest BCUT2D eigenvalue weighted by Gasteiger charge is -2.23. The van der Waals surface area contributed by atoms with Crippen molar-refractivity contribution < 1.29 is 9.15 Å². The highest BCUT2D eigenvalue weighted by molar-refractivity contribution is 9.10. The summed E-state index contributed by atoms with van der Waals surface area (Å²) in [6.45, 7) is 0.860. The van der Waals surface area contributed by atoms with Gasteiger partial charge in [0, 0.05) is 22.0 Å². The molecule has 1 aliphatic rings. The Morgan fingerprint density at radius 2 is 2.19 bits per heavy atom. The fourth-order valence-electron chi connectivity index (χ4n) is 2.30. The van der Waals surface area contributed by atoms with Crippen molar-refractivity contribution in [3.05, 3.63) is 34.5 Å². The number of fused-ring (bicyclic) bond motifs is 1. The van der Waals surface area contributed by atoms with Crippen molar-refractivity contribution in [2.75, 3.05) is 6.61 Å². The van der Waals surface area contributed by atoms with E-state index >= 15 is 0 Å². The summed E-state index contributed by atoms with van der Waals surface area (Å²) in [6.07, 6.45) is 5.43. The monoisotopic (exact) mass is 280 g/mol. The summed E-state index contributed by atoms with van der Waals surface area (Å²) < 4.78 is 12.5. The van der Waals surface area contributed by atoms with Gasteiger partial charge >= 0.3 is 0 Å². The highest BCUT2D eigenvalue weighted by atomic mass is 79.9. The first-order chi connectivity index (χ1) is 7.84. The van der Waals surface area contributed by atoms with E-state index in [1.54, 1.807) is 6.26 Å². The topological polar surface area (TPSA) is 22.4 Å². The average molecular weight is 281 g/mol. The first-order valence-corrected chi connectivity index (χ1v) is 6.42. The van der Waals surface area contributed by atoms with Crippen LogP contribution in [0.2, 0.25) is 0 Å². The third-order valence-corrected chi connectivity index (χ3v) is 3.53. The van der Waals surface area contributed by atoms with Crippen molar-refractivity contribution in [1.82, 2.24) is 0 Å². The van der Waals surface area contributed by atoms with Crippen LogP contribution in [-0.2, 0) is 4.74 Å². The van der Waals surface area contributed by atoms with Crippen LogP contribution in [0.5, 0.6) is 0 Å². The summed E-state index contributed by atoms with van der Waals surface area (Å²) in [7, 11) is 0. The fourth-order valence-corrected chi connectivity index (χ4v) is 2.79. The normalized spacial score (nSPS) is 21.4. The average Bonchev–Trinajstić information content (AvgIpc) is 2.77. The lowest BCUT2D eigenvalue weighted by molar-refractivity contribution is 0.0153. The van der Waals surface area contributed by atoms with Crippen LogP contribution in [0.25, 0.3) is 11.0 Å². The number of furan rings is 1. The van der Waals surface area contributed by atoms with Gasteiger partial charge in [0.15, 0.2) is 0 Å². The van der Waals surface area contributed by atoms with E-state index in [4.69, 9.17) is 9.15 Å². The van der Waals surface area contributed by atoms with E-state index in [1.807, 2.05) is 6.07 Å². The maximum absolute atomic E-state index is 5.82. The molecule has 0 amide bonds. The van der Waals surface area contributed by atoms with Crippen LogP contribution in [0, 0.1) is 0 Å². The molecule has 1 saturated heterocycles. The molecule has 0 bridgehead atoms. The molecule has 0 radical (unpaired) electrons. The molecule has 1 fully saturated rings. The number of hydrogen-bond donors (Lipinski definition) is 0. The molecule has 3 heteroatoms. The lowest BCUT2D eigenvalue weighted by atomic mass is 10.00. The van der Waals surface area contributed by atoms with E-state index in [0.717, 1.165) is 28.5 Å². The Labute approximate surface area is 103 Å². The van der Waals surface area contributed by atoms with E-state index in [1.165, 1.54) is 18.4 Å². The minimum atomic E-state index is 0.194. The fraction of sp³-hybridized carbons (Fsp3) is 0.385. The molecule has 16 heavy (non-hydrogen) atoms. The van der Waals surface area contributed by atoms with Crippen molar-refractivity contribution in [3.8, 4) is 0 Å². The van der Waals surface area contributed by atoms with Crippen molar-refractivity contribution >= 4 is 26.9 Å². The van der Waals surface area contributed by atoms with Gasteiger partial charge in [0.05, 0.1) is 12.4 Å². The van der Waals surface area contributed by atoms with Crippen LogP contribution in [0.3, 0.4) is 0 Å². The third kappa shape index (κ3) is 1.78. The van der Waals surface area contributed by atoms with Crippen LogP contribution >= 0.6 is 15.9 Å². The Bertz CT molecular complexity index is 498. The largest absolute Gasteiger partial charge is 0.464 e. The lowest BCUT2D eigenvalue weighted by Crippen LogP contribution is -2.11. The van der Waals surface area contributed by atoms with Gasteiger partial charge in [-0.25, -0.2) is 0 Å². The standard InChI is InChI=1S/C13H13BrO2/c14-10-7-9-4-6-16-13(9)11(8-10)12-3-1-2-5-15-12/h4,6-8,12H,1-3,5H2. The van der Waals surface area contributed by atoms with E-state index in [9.17, 15) is 0 Å². The number of benzene rings is 1. The van der Waals surface area contributed by atoms with Gasteiger partial charge in [-0.3, -0.25) is 0 Å². The summed E-state index contributed by atoms with van der Waals surface area (Å²) in [5.41, 5.74) is 2.14. The molecule has 1 aliphatic heterocycles. The summed E-state index contributed by atoms with van der Waals surface area (Å²) in [4.78, 5) is 0. The van der Waals surface area contributed by atoms with Crippen LogP contribution in [0.1, 0.15) is 30.9 Å². The first kappa shape index (κ1) is 10.4. The van der Waals surface area contributed by atoms with Gasteiger partial charge in [-0.1, -0.05) is 15.9 Å². The molecule has 1 unspecified atom stereocenters. The molecular weight excluding hydrogens is 268 g/mol. The van der Waals surface area contributed by atoms with Crippen molar-refractivity contribution in [1.29, 1.82) is 0 Å². The summed E-state index contributed by atoms with van der Waals surface area (Å²) in [5.74, 6) is 0. The molecule has 2 aromatic rings. The molecule has 0 spiro atoms. The number of hydrogen-bond acceptors (Lipinski definition) is 2. The van der Waals surface area contributed by atoms with E-state index < -0.39 is 0 Å². The second-order valence-corrected chi connectivity index (χ2v) is 5.10. The first-order valence-electron chi connectivity index (χ1n) is 5.63. The molecule has 3 rings (SSSR count). The van der Waals surface area contributed by atoms with E-state index in [2.05, 4.69) is 28.1 Å². The Kier molecular flexibility index (Phi) is 2.74. The Morgan fingerprint density at radius 3 is 3.00 bits per heavy atom. The molecule has 0 aliphatic carbocycles. The molecule has 1 aromatic heterocycles. The third-order valence-electron chi connectivity index (χ3n) is 3.07. The van der Waals surface area contributed by atoms with Crippen molar-refractivity contribution in [2.45, 2.75) is 25.4 Å². The highest BCUT2D eigenvalue weighted by Crippen LogP contribution is 2.35. The number of rotatable bonds is 1. The minimum absolute atomic E-state index is 0.194. The number of ether oxygens (including phenoxy) is 1. The second kappa shape index (κ2) is 4.22. The van der Waals surface area contributed by atoms with Crippen molar-refractivity contribution in [2.24, 2.45) is 0 Å². The maximum Gasteiger partial charge on any atom is 0.139 e. The van der Waals surface area contributed by atoms with Gasteiger partial charge < -0.3 is 9.15 Å². The van der Waals surface area contributed by atoms with Crippen molar-refractivity contribution in [3.63, 3.8) is 0 Å². The van der Waals surface area contributed by atoms with E-state index in [-0.39, 0.29) is 6.10 Å². The molecule has 0 saturated carbocycles. The van der Waals surface area contributed by atoms with Crippen LogP contribution in [0.15, 0.2) is 33.4 Å². The quantitative estimate of drug-likeness (QED) is 0.771. The van der Waals surface area contributed by atoms with Crippen LogP contribution in [0.4, 0.5) is 0 Å². The molecular formula is C13H13BrO2. The van der Waals surface area contributed by atoms with Crippen LogP contribution in [-0.4, -0.2) is 6.61 Å². The minimum Gasteiger partial charge on any atom is -0.464 e. The van der Waals surface area contributed by atoms with Gasteiger partial charge in [-0.2, -0.15) is 0 Å². The zero-order chi connectivity index (χ0) is 11.0.